The number of carbonyl (C=O) groups excluding carboxylic acids is 1. The van der Waals surface area contributed by atoms with Crippen LogP contribution in [-0.2, 0) is 20.8 Å². The van der Waals surface area contributed by atoms with Gasteiger partial charge in [0.2, 0.25) is 12.4 Å². The number of hydrogen-bond donors (Lipinski definition) is 1. The van der Waals surface area contributed by atoms with E-state index in [0.29, 0.717) is 0 Å². The highest BCUT2D eigenvalue weighted by molar-refractivity contribution is 5.96. The van der Waals surface area contributed by atoms with Crippen molar-refractivity contribution in [3.05, 3.63) is 28.8 Å². The maximum atomic E-state index is 13.4. The Hall–Kier alpha value is -2.47. The third-order valence-electron chi connectivity index (χ3n) is 3.61. The number of benzene rings is 1. The minimum Gasteiger partial charge on any atom is -0.475 e. The van der Waals surface area contributed by atoms with Crippen LogP contribution < -0.4 is 15.4 Å². The number of carbonyl (C=O) groups is 1. The first-order valence-electron chi connectivity index (χ1n) is 7.79. The number of fused-ring (bicyclic) bond motifs is 1. The Labute approximate surface area is 154 Å². The lowest BCUT2D eigenvalue weighted by Gasteiger charge is -2.30. The Kier molecular flexibility index (Phi) is 6.14. The summed E-state index contributed by atoms with van der Waals surface area (Å²) < 4.78 is 91.1. The highest BCUT2D eigenvalue weighted by Crippen LogP contribution is 2.42. The van der Waals surface area contributed by atoms with Gasteiger partial charge in [0, 0.05) is 5.56 Å². The maximum Gasteiger partial charge on any atom is 0.573 e. The predicted molar refractivity (Wildman–Crippen MR) is 81.8 cm³/mol. The standard InChI is InChI=1S/C16H15F6NO5/c1-3-8-4-10(27-16(20,21)22)5-9-6-11(14(24)25-7(2)28-23)13(15(17,18)19)26-12(8)9/h4-7,13H,3,23H2,1-2H3. The van der Waals surface area contributed by atoms with E-state index in [9.17, 15) is 31.1 Å². The molecule has 1 aliphatic heterocycles. The molecule has 0 radical (unpaired) electrons. The van der Waals surface area contributed by atoms with Crippen LogP contribution in [0.3, 0.4) is 0 Å². The molecule has 0 spiro atoms. The first kappa shape index (κ1) is 21.8. The van der Waals surface area contributed by atoms with Gasteiger partial charge in [0.25, 0.3) is 0 Å². The molecule has 2 unspecified atom stereocenters. The summed E-state index contributed by atoms with van der Waals surface area (Å²) >= 11 is 0. The number of halogens is 6. The zero-order valence-corrected chi connectivity index (χ0v) is 14.5. The molecule has 2 atom stereocenters. The summed E-state index contributed by atoms with van der Waals surface area (Å²) in [5.74, 6) is 2.36. The van der Waals surface area contributed by atoms with Crippen molar-refractivity contribution >= 4 is 12.0 Å². The van der Waals surface area contributed by atoms with Gasteiger partial charge in [0.1, 0.15) is 11.5 Å². The minimum atomic E-state index is -5.01. The van der Waals surface area contributed by atoms with Crippen molar-refractivity contribution in [3.63, 3.8) is 0 Å². The van der Waals surface area contributed by atoms with E-state index < -0.39 is 42.2 Å². The average molecular weight is 415 g/mol. The van der Waals surface area contributed by atoms with Gasteiger partial charge in [0.05, 0.1) is 5.57 Å². The second-order valence-corrected chi connectivity index (χ2v) is 5.65. The number of ether oxygens (including phenoxy) is 3. The number of hydrogen-bond acceptors (Lipinski definition) is 6. The lowest BCUT2D eigenvalue weighted by atomic mass is 9.97. The van der Waals surface area contributed by atoms with E-state index in [2.05, 4.69) is 14.3 Å². The van der Waals surface area contributed by atoms with E-state index in [0.717, 1.165) is 25.1 Å². The summed E-state index contributed by atoms with van der Waals surface area (Å²) in [6.45, 7) is 2.66. The molecule has 156 valence electrons. The summed E-state index contributed by atoms with van der Waals surface area (Å²) in [6.07, 6.45) is -13.3. The van der Waals surface area contributed by atoms with Crippen LogP contribution in [-0.4, -0.2) is 30.9 Å². The number of rotatable bonds is 5. The van der Waals surface area contributed by atoms with Crippen LogP contribution in [0.2, 0.25) is 0 Å². The van der Waals surface area contributed by atoms with Crippen LogP contribution in [0.5, 0.6) is 11.5 Å². The van der Waals surface area contributed by atoms with Crippen LogP contribution >= 0.6 is 0 Å². The molecule has 2 N–H and O–H groups in total. The fraction of sp³-hybridized carbons (Fsp3) is 0.438. The second kappa shape index (κ2) is 7.87. The summed E-state index contributed by atoms with van der Waals surface area (Å²) in [5, 5.41) is 0. The molecular weight excluding hydrogens is 400 g/mol. The van der Waals surface area contributed by atoms with Crippen molar-refractivity contribution < 1.29 is 50.2 Å². The van der Waals surface area contributed by atoms with E-state index in [1.165, 1.54) is 6.92 Å². The van der Waals surface area contributed by atoms with Gasteiger partial charge >= 0.3 is 18.5 Å². The van der Waals surface area contributed by atoms with Gasteiger partial charge in [-0.05, 0) is 37.1 Å². The smallest absolute Gasteiger partial charge is 0.475 e. The molecular formula is C16H15F6NO5. The van der Waals surface area contributed by atoms with Crippen LogP contribution in [0.15, 0.2) is 17.7 Å². The Morgan fingerprint density at radius 1 is 1.25 bits per heavy atom. The van der Waals surface area contributed by atoms with Crippen molar-refractivity contribution in [3.8, 4) is 11.5 Å². The van der Waals surface area contributed by atoms with Crippen molar-refractivity contribution in [2.75, 3.05) is 0 Å². The van der Waals surface area contributed by atoms with Gasteiger partial charge in [0.15, 0.2) is 0 Å². The Bertz CT molecular complexity index is 774. The second-order valence-electron chi connectivity index (χ2n) is 5.65. The van der Waals surface area contributed by atoms with E-state index in [-0.39, 0.29) is 23.3 Å². The van der Waals surface area contributed by atoms with Crippen LogP contribution in [0.1, 0.15) is 25.0 Å². The summed E-state index contributed by atoms with van der Waals surface area (Å²) in [4.78, 5) is 16.3. The predicted octanol–water partition coefficient (Wildman–Crippen LogP) is 3.63. The molecule has 0 fully saturated rings. The average Bonchev–Trinajstić information content (AvgIpc) is 2.57. The van der Waals surface area contributed by atoms with Crippen LogP contribution in [0.4, 0.5) is 26.3 Å². The monoisotopic (exact) mass is 415 g/mol. The number of esters is 1. The molecule has 12 heteroatoms. The lowest BCUT2D eigenvalue weighted by molar-refractivity contribution is -0.274. The molecule has 2 rings (SSSR count). The summed E-state index contributed by atoms with van der Waals surface area (Å²) in [7, 11) is 0. The Morgan fingerprint density at radius 3 is 2.39 bits per heavy atom. The number of nitrogens with two attached hydrogens (primary N) is 1. The van der Waals surface area contributed by atoms with Gasteiger partial charge in [-0.2, -0.15) is 13.2 Å². The molecule has 0 amide bonds. The summed E-state index contributed by atoms with van der Waals surface area (Å²) in [6, 6.07) is 1.73. The Balaban J connectivity index is 2.56. The highest BCUT2D eigenvalue weighted by atomic mass is 19.4. The lowest BCUT2D eigenvalue weighted by Crippen LogP contribution is -2.41. The largest absolute Gasteiger partial charge is 0.573 e. The fourth-order valence-corrected chi connectivity index (χ4v) is 2.47. The van der Waals surface area contributed by atoms with Crippen molar-refractivity contribution in [1.29, 1.82) is 0 Å². The third kappa shape index (κ3) is 5.07. The van der Waals surface area contributed by atoms with Gasteiger partial charge in [-0.3, -0.25) is 4.84 Å². The molecule has 1 aliphatic rings. The maximum absolute atomic E-state index is 13.4. The normalized spacial score (nSPS) is 17.9. The molecule has 1 aromatic carbocycles. The Morgan fingerprint density at radius 2 is 1.89 bits per heavy atom. The first-order valence-corrected chi connectivity index (χ1v) is 7.79. The minimum absolute atomic E-state index is 0.0355. The molecule has 0 aliphatic carbocycles. The zero-order valence-electron chi connectivity index (χ0n) is 14.5. The molecule has 6 nitrogen and oxygen atoms in total. The fourth-order valence-electron chi connectivity index (χ4n) is 2.47. The van der Waals surface area contributed by atoms with Crippen molar-refractivity contribution in [2.45, 2.75) is 45.2 Å². The zero-order chi connectivity index (χ0) is 21.3. The molecule has 0 aromatic heterocycles. The highest BCUT2D eigenvalue weighted by Gasteiger charge is 2.49. The quantitative estimate of drug-likeness (QED) is 0.342. The van der Waals surface area contributed by atoms with Gasteiger partial charge in [-0.25, -0.2) is 10.7 Å². The van der Waals surface area contributed by atoms with Gasteiger partial charge in [-0.15, -0.1) is 13.2 Å². The third-order valence-corrected chi connectivity index (χ3v) is 3.61. The van der Waals surface area contributed by atoms with E-state index in [1.54, 1.807) is 0 Å². The van der Waals surface area contributed by atoms with E-state index in [1.807, 2.05) is 0 Å². The van der Waals surface area contributed by atoms with Crippen molar-refractivity contribution in [2.24, 2.45) is 5.90 Å². The topological polar surface area (TPSA) is 80.0 Å². The van der Waals surface area contributed by atoms with Crippen LogP contribution in [0, 0.1) is 0 Å². The molecule has 0 bridgehead atoms. The molecule has 1 aromatic rings. The van der Waals surface area contributed by atoms with Crippen molar-refractivity contribution in [1.82, 2.24) is 0 Å². The summed E-state index contributed by atoms with van der Waals surface area (Å²) in [5.41, 5.74) is -1.14. The molecule has 1 heterocycles. The van der Waals surface area contributed by atoms with Gasteiger partial charge < -0.3 is 14.2 Å². The SMILES string of the molecule is CCc1cc(OC(F)(F)F)cc2c1OC(C(F)(F)F)C(C(=O)OC(C)ON)=C2. The van der Waals surface area contributed by atoms with E-state index in [4.69, 9.17) is 10.6 Å². The van der Waals surface area contributed by atoms with Gasteiger partial charge in [-0.1, -0.05) is 6.92 Å². The first-order chi connectivity index (χ1) is 12.9. The van der Waals surface area contributed by atoms with Crippen LogP contribution in [0.25, 0.3) is 6.08 Å². The molecule has 0 saturated heterocycles. The number of aryl methyl sites for hydroxylation is 1. The van der Waals surface area contributed by atoms with E-state index >= 15 is 0 Å². The molecule has 0 saturated carbocycles. The molecule has 28 heavy (non-hydrogen) atoms. The number of alkyl halides is 6.